The van der Waals surface area contributed by atoms with Gasteiger partial charge in [0.05, 0.1) is 20.3 Å². The number of thiocarbonyl (C=S) groups is 1. The Morgan fingerprint density at radius 3 is 2.54 bits per heavy atom. The summed E-state index contributed by atoms with van der Waals surface area (Å²) in [6.45, 7) is 2.97. The van der Waals surface area contributed by atoms with E-state index in [0.717, 1.165) is 18.7 Å². The molecular formula is C27H27N3O5S2. The third-order valence-corrected chi connectivity index (χ3v) is 6.87. The van der Waals surface area contributed by atoms with Crippen molar-refractivity contribution in [2.24, 2.45) is 0 Å². The summed E-state index contributed by atoms with van der Waals surface area (Å²) in [4.78, 5) is 28.1. The zero-order chi connectivity index (χ0) is 26.0. The van der Waals surface area contributed by atoms with Gasteiger partial charge in [-0.15, -0.1) is 0 Å². The molecule has 2 aromatic carbocycles. The Bertz CT molecular complexity index is 1270. The van der Waals surface area contributed by atoms with Crippen molar-refractivity contribution in [1.29, 1.82) is 0 Å². The molecule has 8 nitrogen and oxygen atoms in total. The molecule has 3 aromatic rings. The molecule has 0 saturated carbocycles. The predicted molar refractivity (Wildman–Crippen MR) is 146 cm³/mol. The summed E-state index contributed by atoms with van der Waals surface area (Å²) in [7, 11) is 1.57. The maximum absolute atomic E-state index is 13.2. The fourth-order valence-electron chi connectivity index (χ4n) is 3.57. The van der Waals surface area contributed by atoms with Gasteiger partial charge in [-0.2, -0.15) is 0 Å². The van der Waals surface area contributed by atoms with E-state index < -0.39 is 11.8 Å². The Morgan fingerprint density at radius 1 is 1.05 bits per heavy atom. The van der Waals surface area contributed by atoms with Gasteiger partial charge in [-0.05, 0) is 42.1 Å². The number of furan rings is 1. The van der Waals surface area contributed by atoms with Crippen LogP contribution in [0.4, 0.5) is 0 Å². The molecule has 1 fully saturated rings. The maximum Gasteiger partial charge on any atom is 0.268 e. The van der Waals surface area contributed by atoms with Crippen LogP contribution in [0, 0.1) is 0 Å². The van der Waals surface area contributed by atoms with Crippen molar-refractivity contribution in [2.45, 2.75) is 11.6 Å². The first-order valence-electron chi connectivity index (χ1n) is 11.7. The highest BCUT2D eigenvalue weighted by atomic mass is 32.2. The Labute approximate surface area is 225 Å². The Kier molecular flexibility index (Phi) is 9.36. The molecule has 2 amide bonds. The molecule has 0 aliphatic carbocycles. The predicted octanol–water partition coefficient (Wildman–Crippen LogP) is 4.08. The average Bonchev–Trinajstić information content (AvgIpc) is 3.38. The van der Waals surface area contributed by atoms with Gasteiger partial charge in [0.25, 0.3) is 11.8 Å². The van der Waals surface area contributed by atoms with Crippen LogP contribution in [0.1, 0.15) is 21.7 Å². The number of nitrogens with one attached hydrogen (secondary N) is 2. The van der Waals surface area contributed by atoms with Crippen molar-refractivity contribution >= 4 is 46.2 Å². The van der Waals surface area contributed by atoms with Crippen molar-refractivity contribution in [3.63, 3.8) is 0 Å². The van der Waals surface area contributed by atoms with Crippen molar-refractivity contribution in [1.82, 2.24) is 15.5 Å². The maximum atomic E-state index is 13.2. The van der Waals surface area contributed by atoms with Gasteiger partial charge >= 0.3 is 0 Å². The topological polar surface area (TPSA) is 93.0 Å². The lowest BCUT2D eigenvalue weighted by Crippen LogP contribution is -2.38. The first-order valence-corrected chi connectivity index (χ1v) is 12.9. The minimum atomic E-state index is -0.468. The summed E-state index contributed by atoms with van der Waals surface area (Å²) >= 11 is 6.87. The van der Waals surface area contributed by atoms with Crippen LogP contribution in [-0.4, -0.2) is 54.4 Å². The van der Waals surface area contributed by atoms with Crippen LogP contribution in [0.2, 0.25) is 0 Å². The highest BCUT2D eigenvalue weighted by Gasteiger charge is 2.18. The summed E-state index contributed by atoms with van der Waals surface area (Å²) in [5.74, 6) is 0.187. The smallest absolute Gasteiger partial charge is 0.268 e. The Hall–Kier alpha value is -3.60. The lowest BCUT2D eigenvalue weighted by molar-refractivity contribution is -0.117. The minimum absolute atomic E-state index is 0.0467. The van der Waals surface area contributed by atoms with Gasteiger partial charge in [0.1, 0.15) is 21.5 Å². The highest BCUT2D eigenvalue weighted by Crippen LogP contribution is 2.26. The van der Waals surface area contributed by atoms with Gasteiger partial charge in [-0.1, -0.05) is 48.6 Å². The number of benzene rings is 2. The molecule has 1 saturated heterocycles. The van der Waals surface area contributed by atoms with E-state index in [0.29, 0.717) is 39.7 Å². The van der Waals surface area contributed by atoms with Crippen LogP contribution in [0.3, 0.4) is 0 Å². The largest absolute Gasteiger partial charge is 0.496 e. The number of morpholine rings is 1. The number of carbonyl (C=O) groups excluding carboxylic acids is 2. The van der Waals surface area contributed by atoms with E-state index in [1.165, 1.54) is 17.8 Å². The summed E-state index contributed by atoms with van der Waals surface area (Å²) in [5, 5.41) is 6.15. The normalized spacial score (nSPS) is 13.6. The third kappa shape index (κ3) is 7.45. The van der Waals surface area contributed by atoms with E-state index in [4.69, 9.17) is 26.1 Å². The molecule has 1 aliphatic rings. The third-order valence-electron chi connectivity index (χ3n) is 5.51. The van der Waals surface area contributed by atoms with Crippen LogP contribution in [0.15, 0.2) is 81.9 Å². The van der Waals surface area contributed by atoms with Gasteiger partial charge in [0.2, 0.25) is 0 Å². The summed E-state index contributed by atoms with van der Waals surface area (Å²) < 4.78 is 17.3. The molecule has 0 unspecified atom stereocenters. The van der Waals surface area contributed by atoms with Crippen LogP contribution in [0.25, 0.3) is 6.08 Å². The monoisotopic (exact) mass is 537 g/mol. The summed E-state index contributed by atoms with van der Waals surface area (Å²) in [5.41, 5.74) is 1.28. The lowest BCUT2D eigenvalue weighted by atomic mass is 10.2. The van der Waals surface area contributed by atoms with Gasteiger partial charge in [0, 0.05) is 36.8 Å². The second-order valence-electron chi connectivity index (χ2n) is 8.00. The van der Waals surface area contributed by atoms with Crippen LogP contribution in [0.5, 0.6) is 5.75 Å². The van der Waals surface area contributed by atoms with Crippen molar-refractivity contribution < 1.29 is 23.5 Å². The number of hydrogen-bond acceptors (Lipinski definition) is 7. The Balaban J connectivity index is 1.50. The number of methoxy groups -OCH3 is 1. The molecule has 0 spiro atoms. The standard InChI is InChI=1S/C27H27N3O5S2/c1-33-23-10-6-5-9-20(23)18-28-26(32)22(29-25(31)19-7-3-2-4-8-19)17-21-11-12-24(35-21)37-27(36)30-13-15-34-16-14-30/h2-12,17H,13-16,18H2,1H3,(H,28,32)(H,29,31)/b22-17-. The molecule has 1 aliphatic heterocycles. The molecule has 192 valence electrons. The van der Waals surface area contributed by atoms with Crippen molar-refractivity contribution in [3.8, 4) is 5.75 Å². The summed E-state index contributed by atoms with van der Waals surface area (Å²) in [6, 6.07) is 19.6. The zero-order valence-electron chi connectivity index (χ0n) is 20.3. The van der Waals surface area contributed by atoms with Crippen LogP contribution >= 0.6 is 24.0 Å². The number of rotatable bonds is 8. The molecule has 0 atom stereocenters. The molecule has 0 bridgehead atoms. The van der Waals surface area contributed by atoms with Crippen LogP contribution in [-0.2, 0) is 16.1 Å². The fraction of sp³-hybridized carbons (Fsp3) is 0.222. The number of carbonyl (C=O) groups is 2. The van der Waals surface area contributed by atoms with Gasteiger partial charge in [-0.3, -0.25) is 9.59 Å². The van der Waals surface area contributed by atoms with Crippen molar-refractivity contribution in [2.75, 3.05) is 33.4 Å². The lowest BCUT2D eigenvalue weighted by Gasteiger charge is -2.28. The number of hydrogen-bond donors (Lipinski definition) is 2. The Morgan fingerprint density at radius 2 is 1.78 bits per heavy atom. The first kappa shape index (κ1) is 26.5. The van der Waals surface area contributed by atoms with Crippen molar-refractivity contribution in [3.05, 3.63) is 89.3 Å². The minimum Gasteiger partial charge on any atom is -0.496 e. The molecule has 0 radical (unpaired) electrons. The average molecular weight is 538 g/mol. The van der Waals surface area contributed by atoms with E-state index >= 15 is 0 Å². The van der Waals surface area contributed by atoms with Gasteiger partial charge in [-0.25, -0.2) is 0 Å². The number of ether oxygens (including phenoxy) is 2. The quantitative estimate of drug-likeness (QED) is 0.252. The van der Waals surface area contributed by atoms with E-state index in [1.807, 2.05) is 30.3 Å². The molecule has 4 rings (SSSR count). The molecule has 10 heteroatoms. The highest BCUT2D eigenvalue weighted by molar-refractivity contribution is 8.22. The van der Waals surface area contributed by atoms with E-state index in [1.54, 1.807) is 43.5 Å². The van der Waals surface area contributed by atoms with E-state index in [9.17, 15) is 9.59 Å². The van der Waals surface area contributed by atoms with Gasteiger partial charge < -0.3 is 29.4 Å². The number of thioether (sulfide) groups is 1. The number of para-hydroxylation sites is 1. The van der Waals surface area contributed by atoms with E-state index in [-0.39, 0.29) is 12.2 Å². The molecular weight excluding hydrogens is 510 g/mol. The first-order chi connectivity index (χ1) is 18.0. The number of nitrogens with zero attached hydrogens (tertiary/aromatic N) is 1. The second kappa shape index (κ2) is 13.1. The number of amides is 2. The SMILES string of the molecule is COc1ccccc1CNC(=O)/C(=C/c1ccc(SC(=S)N2CCOCC2)o1)NC(=O)c1ccccc1. The molecule has 1 aromatic heterocycles. The fourth-order valence-corrected chi connectivity index (χ4v) is 4.75. The molecule has 2 N–H and O–H groups in total. The molecule has 37 heavy (non-hydrogen) atoms. The van der Waals surface area contributed by atoms with E-state index in [2.05, 4.69) is 15.5 Å². The zero-order valence-corrected chi connectivity index (χ0v) is 21.9. The second-order valence-corrected chi connectivity index (χ2v) is 9.64. The van der Waals surface area contributed by atoms with Crippen LogP contribution < -0.4 is 15.4 Å². The van der Waals surface area contributed by atoms with Gasteiger partial charge in [0.15, 0.2) is 5.09 Å². The summed E-state index contributed by atoms with van der Waals surface area (Å²) in [6.07, 6.45) is 1.50. The molecule has 2 heterocycles.